The van der Waals surface area contributed by atoms with Gasteiger partial charge in [0, 0.05) is 24.1 Å². The Balaban J connectivity index is 1.91. The molecule has 122 valence electrons. The van der Waals surface area contributed by atoms with Crippen molar-refractivity contribution in [1.82, 2.24) is 15.3 Å². The van der Waals surface area contributed by atoms with Gasteiger partial charge in [-0.2, -0.15) is 0 Å². The van der Waals surface area contributed by atoms with E-state index in [0.29, 0.717) is 11.4 Å². The largest absolute Gasteiger partial charge is 0.424 e. The van der Waals surface area contributed by atoms with Crippen LogP contribution in [-0.2, 0) is 0 Å². The Bertz CT molecular complexity index is 636. The molecule has 0 spiro atoms. The van der Waals surface area contributed by atoms with Gasteiger partial charge in [-0.25, -0.2) is 14.8 Å². The van der Waals surface area contributed by atoms with Crippen LogP contribution < -0.4 is 15.4 Å². The van der Waals surface area contributed by atoms with Gasteiger partial charge in [-0.3, -0.25) is 0 Å². The highest BCUT2D eigenvalue weighted by Gasteiger charge is 2.21. The number of urea groups is 1. The number of hydrogen-bond acceptors (Lipinski definition) is 4. The summed E-state index contributed by atoms with van der Waals surface area (Å²) in [5.74, 6) is 0.602. The number of carbonyl (C=O) groups excluding carboxylic acids is 1. The monoisotopic (exact) mass is 314 g/mol. The van der Waals surface area contributed by atoms with Crippen LogP contribution >= 0.6 is 0 Å². The molecule has 23 heavy (non-hydrogen) atoms. The zero-order valence-electron chi connectivity index (χ0n) is 13.8. The van der Waals surface area contributed by atoms with Crippen molar-refractivity contribution in [1.29, 1.82) is 0 Å². The van der Waals surface area contributed by atoms with Crippen LogP contribution in [0.5, 0.6) is 11.8 Å². The summed E-state index contributed by atoms with van der Waals surface area (Å²) in [6.45, 7) is 8.22. The van der Waals surface area contributed by atoms with E-state index in [4.69, 9.17) is 4.74 Å². The number of amides is 2. The number of carbonyl (C=O) groups is 1. The molecule has 0 bridgehead atoms. The van der Waals surface area contributed by atoms with Crippen molar-refractivity contribution < 1.29 is 9.53 Å². The van der Waals surface area contributed by atoms with E-state index in [1.54, 1.807) is 42.7 Å². The first-order chi connectivity index (χ1) is 10.8. The van der Waals surface area contributed by atoms with Gasteiger partial charge in [-0.05, 0) is 42.7 Å². The zero-order chi connectivity index (χ0) is 16.9. The number of hydrogen-bond donors (Lipinski definition) is 2. The van der Waals surface area contributed by atoms with Crippen LogP contribution in [-0.4, -0.2) is 22.0 Å². The summed E-state index contributed by atoms with van der Waals surface area (Å²) in [5.41, 5.74) is 0.690. The molecule has 0 saturated carbocycles. The van der Waals surface area contributed by atoms with Crippen molar-refractivity contribution in [3.05, 3.63) is 42.7 Å². The van der Waals surface area contributed by atoms with Crippen molar-refractivity contribution in [2.75, 3.05) is 5.32 Å². The third kappa shape index (κ3) is 5.25. The predicted octanol–water partition coefficient (Wildman–Crippen LogP) is 3.83. The average molecular weight is 314 g/mol. The lowest BCUT2D eigenvalue weighted by molar-refractivity contribution is 0.233. The highest BCUT2D eigenvalue weighted by molar-refractivity contribution is 5.89. The van der Waals surface area contributed by atoms with Crippen LogP contribution in [0.25, 0.3) is 0 Å². The quantitative estimate of drug-likeness (QED) is 0.899. The second kappa shape index (κ2) is 7.09. The van der Waals surface area contributed by atoms with Gasteiger partial charge in [0.2, 0.25) is 0 Å². The summed E-state index contributed by atoms with van der Waals surface area (Å²) in [6.07, 6.45) is 3.22. The van der Waals surface area contributed by atoms with Crippen LogP contribution in [0.3, 0.4) is 0 Å². The summed E-state index contributed by atoms with van der Waals surface area (Å²) in [6, 6.07) is 8.85. The maximum atomic E-state index is 12.0. The Morgan fingerprint density at radius 1 is 1.13 bits per heavy atom. The van der Waals surface area contributed by atoms with Gasteiger partial charge in [-0.1, -0.05) is 20.8 Å². The molecule has 2 amide bonds. The number of aromatic nitrogens is 2. The molecule has 6 nitrogen and oxygen atoms in total. The number of benzene rings is 1. The second-order valence-corrected chi connectivity index (χ2v) is 6.34. The Kier molecular flexibility index (Phi) is 5.16. The predicted molar refractivity (Wildman–Crippen MR) is 89.6 cm³/mol. The van der Waals surface area contributed by atoms with Gasteiger partial charge in [0.1, 0.15) is 5.75 Å². The first-order valence-electron chi connectivity index (χ1n) is 7.47. The van der Waals surface area contributed by atoms with Crippen LogP contribution in [0.15, 0.2) is 42.7 Å². The van der Waals surface area contributed by atoms with E-state index in [9.17, 15) is 4.79 Å². The molecular weight excluding hydrogens is 292 g/mol. The molecule has 0 fully saturated rings. The lowest BCUT2D eigenvalue weighted by Crippen LogP contribution is -2.43. The molecule has 1 unspecified atom stereocenters. The molecule has 0 aliphatic heterocycles. The van der Waals surface area contributed by atoms with Crippen LogP contribution in [0.4, 0.5) is 10.5 Å². The molecule has 2 aromatic rings. The summed E-state index contributed by atoms with van der Waals surface area (Å²) in [7, 11) is 0. The summed E-state index contributed by atoms with van der Waals surface area (Å²) < 4.78 is 5.50. The minimum atomic E-state index is -0.229. The first kappa shape index (κ1) is 16.7. The number of anilines is 1. The molecule has 2 N–H and O–H groups in total. The maximum absolute atomic E-state index is 12.0. The van der Waals surface area contributed by atoms with Crippen LogP contribution in [0.1, 0.15) is 27.7 Å². The van der Waals surface area contributed by atoms with E-state index in [-0.39, 0.29) is 23.5 Å². The normalized spacial score (nSPS) is 12.3. The number of nitrogens with one attached hydrogen (secondary N) is 2. The summed E-state index contributed by atoms with van der Waals surface area (Å²) in [5, 5.41) is 5.72. The average Bonchev–Trinajstić information content (AvgIpc) is 2.49. The van der Waals surface area contributed by atoms with Crippen LogP contribution in [0, 0.1) is 5.41 Å². The molecule has 2 rings (SSSR count). The van der Waals surface area contributed by atoms with E-state index in [2.05, 4.69) is 41.4 Å². The molecule has 0 saturated heterocycles. The van der Waals surface area contributed by atoms with E-state index < -0.39 is 0 Å². The number of nitrogens with zero attached hydrogens (tertiary/aromatic N) is 2. The zero-order valence-corrected chi connectivity index (χ0v) is 13.8. The Labute approximate surface area is 136 Å². The van der Waals surface area contributed by atoms with Gasteiger partial charge < -0.3 is 15.4 Å². The third-order valence-electron chi connectivity index (χ3n) is 3.51. The standard InChI is InChI=1S/C17H22N4O2/c1-12(17(2,3)4)20-15(22)21-13-6-8-14(9-7-13)23-16-18-10-5-11-19-16/h5-12H,1-4H3,(H2,20,21,22). The smallest absolute Gasteiger partial charge is 0.321 e. The van der Waals surface area contributed by atoms with E-state index in [1.165, 1.54) is 0 Å². The minimum absolute atomic E-state index is 0.00468. The van der Waals surface area contributed by atoms with Gasteiger partial charge in [-0.15, -0.1) is 0 Å². The van der Waals surface area contributed by atoms with E-state index >= 15 is 0 Å². The fourth-order valence-electron chi connectivity index (χ4n) is 1.63. The Morgan fingerprint density at radius 2 is 1.74 bits per heavy atom. The summed E-state index contributed by atoms with van der Waals surface area (Å²) in [4.78, 5) is 19.9. The van der Waals surface area contributed by atoms with Crippen molar-refractivity contribution in [2.45, 2.75) is 33.7 Å². The van der Waals surface area contributed by atoms with Gasteiger partial charge >= 0.3 is 12.0 Å². The molecule has 0 aliphatic carbocycles. The lowest BCUT2D eigenvalue weighted by Gasteiger charge is -2.28. The van der Waals surface area contributed by atoms with Gasteiger partial charge in [0.25, 0.3) is 0 Å². The molecule has 0 radical (unpaired) electrons. The third-order valence-corrected chi connectivity index (χ3v) is 3.51. The topological polar surface area (TPSA) is 76.1 Å². The summed E-state index contributed by atoms with van der Waals surface area (Å²) >= 11 is 0. The van der Waals surface area contributed by atoms with Crippen molar-refractivity contribution >= 4 is 11.7 Å². The van der Waals surface area contributed by atoms with Crippen molar-refractivity contribution in [2.24, 2.45) is 5.41 Å². The molecule has 6 heteroatoms. The molecule has 1 heterocycles. The molecule has 0 aliphatic rings. The fraction of sp³-hybridized carbons (Fsp3) is 0.353. The number of rotatable bonds is 4. The van der Waals surface area contributed by atoms with Crippen molar-refractivity contribution in [3.63, 3.8) is 0 Å². The second-order valence-electron chi connectivity index (χ2n) is 6.34. The minimum Gasteiger partial charge on any atom is -0.424 e. The molecule has 1 aromatic heterocycles. The molecule has 1 atom stereocenters. The van der Waals surface area contributed by atoms with Crippen LogP contribution in [0.2, 0.25) is 0 Å². The van der Waals surface area contributed by atoms with E-state index in [1.807, 2.05) is 6.92 Å². The Morgan fingerprint density at radius 3 is 2.30 bits per heavy atom. The maximum Gasteiger partial charge on any atom is 0.321 e. The van der Waals surface area contributed by atoms with Gasteiger partial charge in [0.15, 0.2) is 0 Å². The molecule has 1 aromatic carbocycles. The Hall–Kier alpha value is -2.63. The van der Waals surface area contributed by atoms with Gasteiger partial charge in [0.05, 0.1) is 0 Å². The number of ether oxygens (including phenoxy) is 1. The first-order valence-corrected chi connectivity index (χ1v) is 7.47. The highest BCUT2D eigenvalue weighted by Crippen LogP contribution is 2.21. The molecular formula is C17H22N4O2. The van der Waals surface area contributed by atoms with E-state index in [0.717, 1.165) is 0 Å². The van der Waals surface area contributed by atoms with Crippen molar-refractivity contribution in [3.8, 4) is 11.8 Å². The lowest BCUT2D eigenvalue weighted by atomic mass is 9.88. The highest BCUT2D eigenvalue weighted by atomic mass is 16.5. The fourth-order valence-corrected chi connectivity index (χ4v) is 1.63. The SMILES string of the molecule is CC(NC(=O)Nc1ccc(Oc2ncccn2)cc1)C(C)(C)C.